The number of nitrogens with zero attached hydrogens (tertiary/aromatic N) is 1. The maximum atomic E-state index is 14.2. The third-order valence-electron chi connectivity index (χ3n) is 5.22. The Hall–Kier alpha value is -3.98. The number of ether oxygens (including phenoxy) is 2. The maximum Gasteiger partial charge on any atom is 0.266 e. The lowest BCUT2D eigenvalue weighted by Gasteiger charge is -2.11. The Morgan fingerprint density at radius 3 is 2.66 bits per heavy atom. The zero-order valence-corrected chi connectivity index (χ0v) is 17.6. The van der Waals surface area contributed by atoms with Crippen LogP contribution >= 0.6 is 12.2 Å². The number of para-hydroxylation sites is 1. The van der Waals surface area contributed by atoms with Gasteiger partial charge in [0.25, 0.3) is 11.5 Å². The van der Waals surface area contributed by atoms with Gasteiger partial charge in [0.1, 0.15) is 5.82 Å². The van der Waals surface area contributed by atoms with Crippen LogP contribution in [0.25, 0.3) is 16.6 Å². The van der Waals surface area contributed by atoms with E-state index in [1.807, 2.05) is 6.92 Å². The number of anilines is 1. The number of aromatic nitrogens is 2. The molecule has 160 valence electrons. The van der Waals surface area contributed by atoms with E-state index in [0.717, 1.165) is 10.1 Å². The van der Waals surface area contributed by atoms with Gasteiger partial charge in [-0.3, -0.25) is 9.59 Å². The van der Waals surface area contributed by atoms with Crippen LogP contribution in [0.15, 0.2) is 59.4 Å². The topological polar surface area (TPSA) is 85.4 Å². The van der Waals surface area contributed by atoms with Crippen LogP contribution in [-0.4, -0.2) is 22.3 Å². The Bertz CT molecular complexity index is 1530. The minimum Gasteiger partial charge on any atom is -0.454 e. The number of carbonyl (C=O) groups excluding carboxylic acids is 1. The molecule has 0 radical (unpaired) electrons. The fraction of sp³-hybridized carbons (Fsp3) is 0.0870. The van der Waals surface area contributed by atoms with Crippen LogP contribution < -0.4 is 20.3 Å². The molecule has 0 bridgehead atoms. The molecular formula is C23H16FN3O4S. The highest BCUT2D eigenvalue weighted by molar-refractivity contribution is 7.71. The highest BCUT2D eigenvalue weighted by Gasteiger charge is 2.18. The average molecular weight is 449 g/mol. The predicted octanol–water partition coefficient (Wildman–Crippen LogP) is 4.48. The number of nitrogens with one attached hydrogen (secondary N) is 2. The van der Waals surface area contributed by atoms with Crippen LogP contribution in [0, 0.1) is 17.5 Å². The van der Waals surface area contributed by atoms with Crippen molar-refractivity contribution in [2.45, 2.75) is 6.92 Å². The van der Waals surface area contributed by atoms with Gasteiger partial charge in [0.05, 0.1) is 16.6 Å². The van der Waals surface area contributed by atoms with Crippen LogP contribution in [-0.2, 0) is 0 Å². The van der Waals surface area contributed by atoms with E-state index in [-0.39, 0.29) is 28.5 Å². The molecule has 0 spiro atoms. The maximum absolute atomic E-state index is 14.2. The molecule has 0 saturated carbocycles. The molecule has 4 aromatic rings. The predicted molar refractivity (Wildman–Crippen MR) is 120 cm³/mol. The lowest BCUT2D eigenvalue weighted by Crippen LogP contribution is -2.22. The number of hydrogen-bond acceptors (Lipinski definition) is 5. The highest BCUT2D eigenvalue weighted by Crippen LogP contribution is 2.36. The molecule has 32 heavy (non-hydrogen) atoms. The lowest BCUT2D eigenvalue weighted by atomic mass is 10.1. The van der Waals surface area contributed by atoms with E-state index in [2.05, 4.69) is 10.3 Å². The second-order valence-corrected chi connectivity index (χ2v) is 7.64. The number of H-pyrrole nitrogens is 1. The molecule has 5 rings (SSSR count). The first-order chi connectivity index (χ1) is 15.4. The quantitative estimate of drug-likeness (QED) is 0.451. The zero-order chi connectivity index (χ0) is 22.4. The fourth-order valence-corrected chi connectivity index (χ4v) is 3.88. The van der Waals surface area contributed by atoms with Gasteiger partial charge in [-0.2, -0.15) is 0 Å². The van der Waals surface area contributed by atoms with Crippen LogP contribution in [0.1, 0.15) is 15.9 Å². The van der Waals surface area contributed by atoms with Gasteiger partial charge in [0.2, 0.25) is 6.79 Å². The number of aryl methyl sites for hydroxylation is 1. The third-order valence-corrected chi connectivity index (χ3v) is 5.51. The molecule has 0 aliphatic carbocycles. The summed E-state index contributed by atoms with van der Waals surface area (Å²) in [4.78, 5) is 28.8. The summed E-state index contributed by atoms with van der Waals surface area (Å²) < 4.78 is 26.1. The number of hydrogen-bond donors (Lipinski definition) is 2. The van der Waals surface area contributed by atoms with Crippen molar-refractivity contribution in [2.75, 3.05) is 12.1 Å². The summed E-state index contributed by atoms with van der Waals surface area (Å²) in [5.74, 6) is 0.252. The van der Waals surface area contributed by atoms with Gasteiger partial charge >= 0.3 is 0 Å². The Balaban J connectivity index is 1.52. The van der Waals surface area contributed by atoms with Crippen molar-refractivity contribution >= 4 is 34.7 Å². The van der Waals surface area contributed by atoms with Crippen LogP contribution in [0.3, 0.4) is 0 Å². The zero-order valence-electron chi connectivity index (χ0n) is 16.8. The molecule has 0 atom stereocenters. The summed E-state index contributed by atoms with van der Waals surface area (Å²) in [5.41, 5.74) is 1.68. The molecular weight excluding hydrogens is 433 g/mol. The minimum absolute atomic E-state index is 0.0248. The minimum atomic E-state index is -0.566. The molecule has 1 aromatic heterocycles. The third kappa shape index (κ3) is 3.32. The Morgan fingerprint density at radius 1 is 1.12 bits per heavy atom. The van der Waals surface area contributed by atoms with E-state index in [1.54, 1.807) is 18.2 Å². The van der Waals surface area contributed by atoms with E-state index in [4.69, 9.17) is 21.7 Å². The van der Waals surface area contributed by atoms with E-state index in [9.17, 15) is 14.0 Å². The van der Waals surface area contributed by atoms with Crippen molar-refractivity contribution in [3.63, 3.8) is 0 Å². The summed E-state index contributed by atoms with van der Waals surface area (Å²) >= 11 is 5.30. The highest BCUT2D eigenvalue weighted by atomic mass is 32.1. The summed E-state index contributed by atoms with van der Waals surface area (Å²) in [6.07, 6.45) is 0. The first-order valence-electron chi connectivity index (χ1n) is 9.68. The van der Waals surface area contributed by atoms with E-state index in [1.165, 1.54) is 36.4 Å². The molecule has 7 nitrogen and oxygen atoms in total. The summed E-state index contributed by atoms with van der Waals surface area (Å²) in [7, 11) is 0. The molecule has 0 unspecified atom stereocenters. The molecule has 0 saturated heterocycles. The molecule has 1 aliphatic heterocycles. The lowest BCUT2D eigenvalue weighted by molar-refractivity contribution is 0.102. The first-order valence-corrected chi connectivity index (χ1v) is 10.1. The summed E-state index contributed by atoms with van der Waals surface area (Å²) in [6, 6.07) is 14.0. The monoisotopic (exact) mass is 449 g/mol. The molecule has 1 amide bonds. The number of rotatable bonds is 3. The van der Waals surface area contributed by atoms with Crippen molar-refractivity contribution in [2.24, 2.45) is 0 Å². The Morgan fingerprint density at radius 2 is 1.88 bits per heavy atom. The van der Waals surface area contributed by atoms with Crippen LogP contribution in [0.5, 0.6) is 11.5 Å². The summed E-state index contributed by atoms with van der Waals surface area (Å²) in [5, 5.41) is 3.12. The Labute approximate surface area is 186 Å². The van der Waals surface area contributed by atoms with Crippen molar-refractivity contribution in [1.29, 1.82) is 0 Å². The number of carbonyl (C=O) groups is 1. The number of benzene rings is 3. The van der Waals surface area contributed by atoms with Gasteiger partial charge in [-0.1, -0.05) is 12.1 Å². The second-order valence-electron chi connectivity index (χ2n) is 7.26. The van der Waals surface area contributed by atoms with E-state index >= 15 is 0 Å². The number of fused-ring (bicyclic) bond motifs is 2. The standard InChI is InChI=1S/C23H16FN3O4S/c1-12-8-19-20(31-11-30-19)10-16(12)25-21(28)13-6-7-14-17(9-13)26-23(32)27(22(14)29)18-5-3-2-4-15(18)24/h2-10H,11H2,1H3,(H,25,28)(H,26,32). The van der Waals surface area contributed by atoms with Crippen LogP contribution in [0.4, 0.5) is 10.1 Å². The van der Waals surface area contributed by atoms with E-state index < -0.39 is 11.4 Å². The molecule has 1 aliphatic rings. The molecule has 2 heterocycles. The van der Waals surface area contributed by atoms with Gasteiger partial charge < -0.3 is 19.8 Å². The molecule has 2 N–H and O–H groups in total. The molecule has 3 aromatic carbocycles. The van der Waals surface area contributed by atoms with Gasteiger partial charge in [0.15, 0.2) is 16.3 Å². The van der Waals surface area contributed by atoms with Crippen molar-refractivity contribution in [3.8, 4) is 17.2 Å². The number of halogens is 1. The largest absolute Gasteiger partial charge is 0.454 e. The number of amides is 1. The van der Waals surface area contributed by atoms with Gasteiger partial charge in [-0.25, -0.2) is 8.96 Å². The SMILES string of the molecule is Cc1cc2c(cc1NC(=O)c1ccc3c(=O)n(-c4ccccc4F)c(=S)[nH]c3c1)OCO2. The Kier molecular flexibility index (Phi) is 4.75. The first kappa shape index (κ1) is 20.0. The van der Waals surface area contributed by atoms with Gasteiger partial charge in [-0.05, 0) is 61.1 Å². The number of aromatic amines is 1. The van der Waals surface area contributed by atoms with Crippen molar-refractivity contribution in [1.82, 2.24) is 9.55 Å². The normalized spacial score (nSPS) is 12.2. The smallest absolute Gasteiger partial charge is 0.266 e. The fourth-order valence-electron chi connectivity index (χ4n) is 3.58. The van der Waals surface area contributed by atoms with Crippen molar-refractivity contribution in [3.05, 3.63) is 86.7 Å². The van der Waals surface area contributed by atoms with E-state index in [0.29, 0.717) is 28.3 Å². The van der Waals surface area contributed by atoms with Gasteiger partial charge in [-0.15, -0.1) is 0 Å². The van der Waals surface area contributed by atoms with Crippen molar-refractivity contribution < 1.29 is 18.7 Å². The average Bonchev–Trinajstić information content (AvgIpc) is 3.22. The second kappa shape index (κ2) is 7.61. The van der Waals surface area contributed by atoms with Gasteiger partial charge in [0, 0.05) is 17.3 Å². The molecule has 0 fully saturated rings. The van der Waals surface area contributed by atoms with Crippen LogP contribution in [0.2, 0.25) is 0 Å². The molecule has 9 heteroatoms. The summed E-state index contributed by atoms with van der Waals surface area (Å²) in [6.45, 7) is 1.99.